The van der Waals surface area contributed by atoms with Gasteiger partial charge in [0.15, 0.2) is 0 Å². The molecule has 0 unspecified atom stereocenters. The zero-order valence-electron chi connectivity index (χ0n) is 17.2. The fraction of sp³-hybridized carbons (Fsp3) is 0.800. The molecule has 144 valence electrons. The first-order valence-electron chi connectivity index (χ1n) is 9.38. The molecule has 0 aromatic rings. The molecule has 0 saturated heterocycles. The van der Waals surface area contributed by atoms with E-state index in [-0.39, 0.29) is 28.8 Å². The molecule has 0 radical (unpaired) electrons. The van der Waals surface area contributed by atoms with Crippen molar-refractivity contribution in [3.8, 4) is 0 Å². The molecule has 5 heteroatoms. The quantitative estimate of drug-likeness (QED) is 0.391. The third kappa shape index (κ3) is 5.43. The highest BCUT2D eigenvalue weighted by Gasteiger charge is 2.42. The minimum atomic E-state index is -2.09. The van der Waals surface area contributed by atoms with Crippen LogP contribution in [0.2, 0.25) is 18.1 Å². The van der Waals surface area contributed by atoms with Crippen LogP contribution in [-0.2, 0) is 18.8 Å². The number of methoxy groups -OCH3 is 1. The van der Waals surface area contributed by atoms with E-state index in [4.69, 9.17) is 9.16 Å². The molecule has 0 aromatic carbocycles. The van der Waals surface area contributed by atoms with Crippen molar-refractivity contribution in [2.75, 3.05) is 7.11 Å². The molecule has 0 aromatic heterocycles. The van der Waals surface area contributed by atoms with Gasteiger partial charge in [-0.2, -0.15) is 0 Å². The lowest BCUT2D eigenvalue weighted by molar-refractivity contribution is -0.145. The second kappa shape index (κ2) is 8.52. The van der Waals surface area contributed by atoms with Gasteiger partial charge in [0.2, 0.25) is 8.32 Å². The van der Waals surface area contributed by atoms with Gasteiger partial charge in [-0.3, -0.25) is 4.79 Å². The van der Waals surface area contributed by atoms with Crippen LogP contribution in [0.25, 0.3) is 0 Å². The van der Waals surface area contributed by atoms with Gasteiger partial charge in [0, 0.05) is 5.92 Å². The maximum atomic E-state index is 12.4. The Morgan fingerprint density at radius 1 is 1.28 bits per heavy atom. The standard InChI is InChI=1S/C20H36O4Si/c1-14(2)17-12-18(24-25(7,8)20(3,4)5)16(19(22)23-6)11-9-10-15(17)13-21/h12-17H,9-11H2,1-8H3/b18-12+/t15-,16-,17+/m0/s1. The zero-order valence-corrected chi connectivity index (χ0v) is 18.2. The topological polar surface area (TPSA) is 52.6 Å². The van der Waals surface area contributed by atoms with Crippen LogP contribution < -0.4 is 0 Å². The SMILES string of the molecule is COC(=O)[C@H]1CCC[C@@H](C=O)[C@@H](C(C)C)/C=C\1O[Si](C)(C)C(C)(C)C. The molecular formula is C20H36O4Si. The third-order valence-electron chi connectivity index (χ3n) is 5.83. The fourth-order valence-corrected chi connectivity index (χ4v) is 4.20. The molecule has 1 rings (SSSR count). The van der Waals surface area contributed by atoms with Crippen LogP contribution in [0.15, 0.2) is 11.8 Å². The Hall–Kier alpha value is -1.10. The highest BCUT2D eigenvalue weighted by Crippen LogP contribution is 2.41. The Morgan fingerprint density at radius 2 is 1.88 bits per heavy atom. The number of carbonyl (C=O) groups excluding carboxylic acids is 2. The first kappa shape index (κ1) is 21.9. The third-order valence-corrected chi connectivity index (χ3v) is 10.2. The van der Waals surface area contributed by atoms with Crippen LogP contribution >= 0.6 is 0 Å². The van der Waals surface area contributed by atoms with Gasteiger partial charge < -0.3 is 14.0 Å². The molecular weight excluding hydrogens is 332 g/mol. The summed E-state index contributed by atoms with van der Waals surface area (Å²) in [5.41, 5.74) is 0. The smallest absolute Gasteiger partial charge is 0.316 e. The average molecular weight is 369 g/mol. The van der Waals surface area contributed by atoms with E-state index in [1.807, 2.05) is 0 Å². The number of rotatable bonds is 5. The maximum Gasteiger partial charge on any atom is 0.316 e. The predicted molar refractivity (Wildman–Crippen MR) is 104 cm³/mol. The summed E-state index contributed by atoms with van der Waals surface area (Å²) >= 11 is 0. The summed E-state index contributed by atoms with van der Waals surface area (Å²) < 4.78 is 11.6. The van der Waals surface area contributed by atoms with Crippen LogP contribution in [0.5, 0.6) is 0 Å². The van der Waals surface area contributed by atoms with E-state index in [0.717, 1.165) is 24.9 Å². The van der Waals surface area contributed by atoms with E-state index in [2.05, 4.69) is 53.8 Å². The molecule has 1 aliphatic rings. The first-order valence-corrected chi connectivity index (χ1v) is 12.3. The molecule has 4 nitrogen and oxygen atoms in total. The Kier molecular flexibility index (Phi) is 7.48. The molecule has 3 atom stereocenters. The highest BCUT2D eigenvalue weighted by molar-refractivity contribution is 6.74. The molecule has 25 heavy (non-hydrogen) atoms. The van der Waals surface area contributed by atoms with Crippen LogP contribution in [-0.4, -0.2) is 27.7 Å². The Balaban J connectivity index is 3.37. The largest absolute Gasteiger partial charge is 0.546 e. The molecule has 0 spiro atoms. The summed E-state index contributed by atoms with van der Waals surface area (Å²) in [5.74, 6) is 0.500. The number of aldehydes is 1. The second-order valence-corrected chi connectivity index (χ2v) is 13.8. The van der Waals surface area contributed by atoms with E-state index >= 15 is 0 Å². The van der Waals surface area contributed by atoms with Gasteiger partial charge >= 0.3 is 5.97 Å². The molecule has 1 aliphatic carbocycles. The van der Waals surface area contributed by atoms with Gasteiger partial charge in [-0.15, -0.1) is 0 Å². The molecule has 0 N–H and O–H groups in total. The summed E-state index contributed by atoms with van der Waals surface area (Å²) in [7, 11) is -0.663. The highest BCUT2D eigenvalue weighted by atomic mass is 28.4. The van der Waals surface area contributed by atoms with Gasteiger partial charge in [-0.05, 0) is 48.9 Å². The Labute approximate surface area is 154 Å². The van der Waals surface area contributed by atoms with E-state index in [1.54, 1.807) is 0 Å². The minimum Gasteiger partial charge on any atom is -0.546 e. The lowest BCUT2D eigenvalue weighted by Crippen LogP contribution is -2.42. The predicted octanol–water partition coefficient (Wildman–Crippen LogP) is 4.95. The average Bonchev–Trinajstić information content (AvgIpc) is 2.48. The monoisotopic (exact) mass is 368 g/mol. The molecule has 0 saturated carbocycles. The fourth-order valence-electron chi connectivity index (χ4n) is 3.10. The molecule has 0 fully saturated rings. The van der Waals surface area contributed by atoms with Crippen molar-refractivity contribution in [1.82, 2.24) is 0 Å². The van der Waals surface area contributed by atoms with Crippen LogP contribution in [0, 0.1) is 23.7 Å². The minimum absolute atomic E-state index is 0.0170. The van der Waals surface area contributed by atoms with E-state index in [1.165, 1.54) is 7.11 Å². The summed E-state index contributed by atoms with van der Waals surface area (Å²) in [6.07, 6.45) is 5.44. The first-order chi connectivity index (χ1) is 11.4. The van der Waals surface area contributed by atoms with Crippen molar-refractivity contribution in [1.29, 1.82) is 0 Å². The lowest BCUT2D eigenvalue weighted by Gasteiger charge is -2.40. The molecule has 0 amide bonds. The lowest BCUT2D eigenvalue weighted by atomic mass is 9.77. The number of hydrogen-bond acceptors (Lipinski definition) is 4. The van der Waals surface area contributed by atoms with Gasteiger partial charge in [-0.25, -0.2) is 0 Å². The van der Waals surface area contributed by atoms with Crippen LogP contribution in [0.3, 0.4) is 0 Å². The van der Waals surface area contributed by atoms with Crippen molar-refractivity contribution >= 4 is 20.6 Å². The van der Waals surface area contributed by atoms with Crippen molar-refractivity contribution < 1.29 is 18.8 Å². The number of esters is 1. The number of ether oxygens (including phenoxy) is 1. The summed E-state index contributed by atoms with van der Waals surface area (Å²) in [4.78, 5) is 24.0. The number of allylic oxidation sites excluding steroid dienone is 1. The molecule has 0 heterocycles. The van der Waals surface area contributed by atoms with E-state index in [0.29, 0.717) is 12.3 Å². The van der Waals surface area contributed by atoms with E-state index < -0.39 is 8.32 Å². The summed E-state index contributed by atoms with van der Waals surface area (Å²) in [6.45, 7) is 15.2. The van der Waals surface area contributed by atoms with Gasteiger partial charge in [-0.1, -0.05) is 41.0 Å². The molecule has 0 aliphatic heterocycles. The van der Waals surface area contributed by atoms with Crippen molar-refractivity contribution in [2.24, 2.45) is 23.7 Å². The number of carbonyl (C=O) groups is 2. The second-order valence-electron chi connectivity index (χ2n) is 9.06. The summed E-state index contributed by atoms with van der Waals surface area (Å²) in [5, 5.41) is 0.0360. The zero-order chi connectivity index (χ0) is 19.4. The summed E-state index contributed by atoms with van der Waals surface area (Å²) in [6, 6.07) is 0. The van der Waals surface area contributed by atoms with Crippen LogP contribution in [0.4, 0.5) is 0 Å². The normalized spacial score (nSPS) is 27.7. The van der Waals surface area contributed by atoms with Crippen molar-refractivity contribution in [3.63, 3.8) is 0 Å². The van der Waals surface area contributed by atoms with Gasteiger partial charge in [0.1, 0.15) is 12.2 Å². The van der Waals surface area contributed by atoms with Crippen LogP contribution in [0.1, 0.15) is 53.9 Å². The number of hydrogen-bond donors (Lipinski definition) is 0. The Morgan fingerprint density at radius 3 is 2.32 bits per heavy atom. The van der Waals surface area contributed by atoms with Crippen molar-refractivity contribution in [3.05, 3.63) is 11.8 Å². The van der Waals surface area contributed by atoms with Gasteiger partial charge in [0.05, 0.1) is 12.9 Å². The Bertz CT molecular complexity index is 502. The van der Waals surface area contributed by atoms with E-state index in [9.17, 15) is 9.59 Å². The van der Waals surface area contributed by atoms with Gasteiger partial charge in [0.25, 0.3) is 0 Å². The van der Waals surface area contributed by atoms with Crippen molar-refractivity contribution in [2.45, 2.75) is 72.0 Å². The molecule has 0 bridgehead atoms. The maximum absolute atomic E-state index is 12.4.